The predicted molar refractivity (Wildman–Crippen MR) is 85.9 cm³/mol. The summed E-state index contributed by atoms with van der Waals surface area (Å²) in [5.41, 5.74) is 4.56. The monoisotopic (exact) mass is 293 g/mol. The van der Waals surface area contributed by atoms with Gasteiger partial charge in [0.25, 0.3) is 0 Å². The molecule has 22 heavy (non-hydrogen) atoms. The van der Waals surface area contributed by atoms with Crippen LogP contribution in [0, 0.1) is 12.7 Å². The Morgan fingerprint density at radius 1 is 1.09 bits per heavy atom. The highest BCUT2D eigenvalue weighted by Gasteiger charge is 2.25. The van der Waals surface area contributed by atoms with Gasteiger partial charge in [0.2, 0.25) is 0 Å². The van der Waals surface area contributed by atoms with Crippen molar-refractivity contribution in [3.63, 3.8) is 0 Å². The van der Waals surface area contributed by atoms with Crippen molar-refractivity contribution in [1.82, 2.24) is 9.78 Å². The third-order valence-electron chi connectivity index (χ3n) is 4.12. The van der Waals surface area contributed by atoms with Crippen molar-refractivity contribution in [1.29, 1.82) is 0 Å². The minimum Gasteiger partial charge on any atom is -0.369 e. The Labute approximate surface area is 128 Å². The number of anilines is 1. The summed E-state index contributed by atoms with van der Waals surface area (Å²) in [4.78, 5) is 0. The Kier molecular flexibility index (Phi) is 2.96. The summed E-state index contributed by atoms with van der Waals surface area (Å²) < 4.78 is 16.1. The molecular weight excluding hydrogens is 277 g/mol. The zero-order chi connectivity index (χ0) is 15.1. The Morgan fingerprint density at radius 3 is 2.68 bits per heavy atom. The molecule has 4 heteroatoms. The highest BCUT2D eigenvalue weighted by molar-refractivity contribution is 5.73. The lowest BCUT2D eigenvalue weighted by Gasteiger charge is -2.09. The van der Waals surface area contributed by atoms with Crippen LogP contribution in [0.1, 0.15) is 11.1 Å². The van der Waals surface area contributed by atoms with Crippen molar-refractivity contribution < 1.29 is 4.39 Å². The lowest BCUT2D eigenvalue weighted by molar-refractivity contribution is 0.630. The van der Waals surface area contributed by atoms with Gasteiger partial charge in [-0.05, 0) is 37.1 Å². The van der Waals surface area contributed by atoms with Crippen LogP contribution in [0.2, 0.25) is 0 Å². The van der Waals surface area contributed by atoms with Crippen LogP contribution in [-0.2, 0) is 6.42 Å². The number of para-hydroxylation sites is 1. The summed E-state index contributed by atoms with van der Waals surface area (Å²) in [6.45, 7) is 2.92. The van der Waals surface area contributed by atoms with E-state index in [-0.39, 0.29) is 5.82 Å². The molecule has 0 radical (unpaired) electrons. The average Bonchev–Trinajstić information content (AvgIpc) is 3.11. The van der Waals surface area contributed by atoms with Crippen LogP contribution in [0.3, 0.4) is 0 Å². The van der Waals surface area contributed by atoms with Gasteiger partial charge in [0.1, 0.15) is 17.3 Å². The summed E-state index contributed by atoms with van der Waals surface area (Å²) in [5, 5.41) is 8.09. The van der Waals surface area contributed by atoms with Gasteiger partial charge in [-0.15, -0.1) is 0 Å². The van der Waals surface area contributed by atoms with E-state index >= 15 is 0 Å². The van der Waals surface area contributed by atoms with Crippen LogP contribution in [-0.4, -0.2) is 16.3 Å². The smallest absolute Gasteiger partial charge is 0.133 e. The second-order valence-electron chi connectivity index (χ2n) is 5.53. The van der Waals surface area contributed by atoms with E-state index in [9.17, 15) is 4.39 Å². The predicted octanol–water partition coefficient (Wildman–Crippen LogP) is 3.95. The van der Waals surface area contributed by atoms with Gasteiger partial charge >= 0.3 is 0 Å². The lowest BCUT2D eigenvalue weighted by Crippen LogP contribution is -2.05. The molecule has 0 amide bonds. The van der Waals surface area contributed by atoms with E-state index in [0.29, 0.717) is 5.56 Å². The molecule has 0 saturated heterocycles. The molecule has 1 aromatic heterocycles. The minimum atomic E-state index is -0.230. The fourth-order valence-corrected chi connectivity index (χ4v) is 3.02. The Balaban J connectivity index is 1.95. The summed E-state index contributed by atoms with van der Waals surface area (Å²) in [6, 6.07) is 14.9. The lowest BCUT2D eigenvalue weighted by atomic mass is 10.1. The highest BCUT2D eigenvalue weighted by atomic mass is 19.1. The fraction of sp³-hybridized carbons (Fsp3) is 0.167. The molecule has 2 aromatic carbocycles. The van der Waals surface area contributed by atoms with Gasteiger partial charge in [-0.2, -0.15) is 5.10 Å². The number of fused-ring (bicyclic) bond motifs is 1. The third kappa shape index (κ3) is 1.91. The Bertz CT molecular complexity index is 783. The molecule has 3 aromatic rings. The number of hydrogen-bond acceptors (Lipinski definition) is 2. The molecule has 0 atom stereocenters. The molecular formula is C18H16FN3. The van der Waals surface area contributed by atoms with Crippen LogP contribution >= 0.6 is 0 Å². The number of hydrogen-bond donors (Lipinski definition) is 1. The SMILES string of the molecule is Cc1ccccc1-n1nc(-c2ccccc2F)c2c1NCC2. The standard InChI is InChI=1S/C18H16FN3/c1-12-6-2-5-9-16(12)22-18-14(10-11-20-18)17(21-22)13-7-3-4-8-15(13)19/h2-9,20H,10-11H2,1H3. The van der Waals surface area contributed by atoms with Crippen LogP contribution in [0.5, 0.6) is 0 Å². The zero-order valence-electron chi connectivity index (χ0n) is 12.3. The van der Waals surface area contributed by atoms with E-state index in [1.807, 2.05) is 28.9 Å². The third-order valence-corrected chi connectivity index (χ3v) is 4.12. The quantitative estimate of drug-likeness (QED) is 0.775. The topological polar surface area (TPSA) is 29.9 Å². The summed E-state index contributed by atoms with van der Waals surface area (Å²) in [7, 11) is 0. The van der Waals surface area contributed by atoms with E-state index < -0.39 is 0 Å². The molecule has 0 aliphatic carbocycles. The number of rotatable bonds is 2. The average molecular weight is 293 g/mol. The molecule has 0 bridgehead atoms. The first-order valence-electron chi connectivity index (χ1n) is 7.42. The first kappa shape index (κ1) is 13.1. The first-order chi connectivity index (χ1) is 10.8. The Morgan fingerprint density at radius 2 is 1.86 bits per heavy atom. The molecule has 1 N–H and O–H groups in total. The molecule has 1 aliphatic heterocycles. The van der Waals surface area contributed by atoms with Gasteiger partial charge in [0, 0.05) is 17.7 Å². The highest BCUT2D eigenvalue weighted by Crippen LogP contribution is 2.35. The van der Waals surface area contributed by atoms with Crippen LogP contribution < -0.4 is 5.32 Å². The Hall–Kier alpha value is -2.62. The van der Waals surface area contributed by atoms with Crippen molar-refractivity contribution >= 4 is 5.82 Å². The van der Waals surface area contributed by atoms with Gasteiger partial charge in [-0.1, -0.05) is 30.3 Å². The summed E-state index contributed by atoms with van der Waals surface area (Å²) in [5.74, 6) is 0.749. The molecule has 0 fully saturated rings. The van der Waals surface area contributed by atoms with Crippen molar-refractivity contribution in [2.45, 2.75) is 13.3 Å². The molecule has 1 aliphatic rings. The number of benzene rings is 2. The van der Waals surface area contributed by atoms with E-state index in [2.05, 4.69) is 18.3 Å². The van der Waals surface area contributed by atoms with Crippen molar-refractivity contribution in [3.05, 3.63) is 65.5 Å². The number of aromatic nitrogens is 2. The zero-order valence-corrected chi connectivity index (χ0v) is 12.3. The number of nitrogens with zero attached hydrogens (tertiary/aromatic N) is 2. The minimum absolute atomic E-state index is 0.230. The van der Waals surface area contributed by atoms with E-state index in [0.717, 1.165) is 41.3 Å². The molecule has 4 rings (SSSR count). The van der Waals surface area contributed by atoms with Gasteiger partial charge in [0.15, 0.2) is 0 Å². The van der Waals surface area contributed by atoms with Crippen LogP contribution in [0.15, 0.2) is 48.5 Å². The number of aryl methyl sites for hydroxylation is 1. The van der Waals surface area contributed by atoms with Crippen LogP contribution in [0.25, 0.3) is 16.9 Å². The summed E-state index contributed by atoms with van der Waals surface area (Å²) >= 11 is 0. The molecule has 0 unspecified atom stereocenters. The van der Waals surface area contributed by atoms with Crippen molar-refractivity contribution in [3.8, 4) is 16.9 Å². The fourth-order valence-electron chi connectivity index (χ4n) is 3.02. The number of nitrogens with one attached hydrogen (secondary N) is 1. The largest absolute Gasteiger partial charge is 0.369 e. The van der Waals surface area contributed by atoms with Gasteiger partial charge < -0.3 is 5.32 Å². The van der Waals surface area contributed by atoms with E-state index in [4.69, 9.17) is 5.10 Å². The van der Waals surface area contributed by atoms with E-state index in [1.54, 1.807) is 12.1 Å². The summed E-state index contributed by atoms with van der Waals surface area (Å²) in [6.07, 6.45) is 0.866. The van der Waals surface area contributed by atoms with Gasteiger partial charge in [-0.3, -0.25) is 0 Å². The maximum Gasteiger partial charge on any atom is 0.133 e. The molecule has 3 nitrogen and oxygen atoms in total. The first-order valence-corrected chi connectivity index (χ1v) is 7.42. The maximum atomic E-state index is 14.2. The van der Waals surface area contributed by atoms with Gasteiger partial charge in [-0.25, -0.2) is 9.07 Å². The molecule has 0 spiro atoms. The van der Waals surface area contributed by atoms with E-state index in [1.165, 1.54) is 6.07 Å². The molecule has 2 heterocycles. The number of halogens is 1. The van der Waals surface area contributed by atoms with Crippen LogP contribution in [0.4, 0.5) is 10.2 Å². The molecule has 110 valence electrons. The molecule has 0 saturated carbocycles. The van der Waals surface area contributed by atoms with Crippen molar-refractivity contribution in [2.24, 2.45) is 0 Å². The van der Waals surface area contributed by atoms with Gasteiger partial charge in [0.05, 0.1) is 5.69 Å². The van der Waals surface area contributed by atoms with Crippen molar-refractivity contribution in [2.75, 3.05) is 11.9 Å². The maximum absolute atomic E-state index is 14.2. The second-order valence-corrected chi connectivity index (χ2v) is 5.53. The second kappa shape index (κ2) is 4.98. The normalized spacial score (nSPS) is 13.0.